The Balaban J connectivity index is 1.06. The van der Waals surface area contributed by atoms with Crippen LogP contribution in [-0.2, 0) is 43.1 Å². The molecular weight excluding hydrogens is 741 g/mol. The zero-order chi connectivity index (χ0) is 40.2. The summed E-state index contributed by atoms with van der Waals surface area (Å²) in [6.07, 6.45) is 2.96. The summed E-state index contributed by atoms with van der Waals surface area (Å²) < 4.78 is 29.1. The number of hydrogen-bond acceptors (Lipinski definition) is 6. The quantitative estimate of drug-likeness (QED) is 0.104. The lowest BCUT2D eigenvalue weighted by atomic mass is 9.49. The van der Waals surface area contributed by atoms with Crippen LogP contribution in [0.4, 0.5) is 0 Å². The average Bonchev–Trinajstić information content (AvgIpc) is 3.73. The van der Waals surface area contributed by atoms with Crippen LogP contribution in [0.2, 0.25) is 0 Å². The Hall–Kier alpha value is -4.71. The number of aliphatic hydroxyl groups excluding tert-OH is 2. The topological polar surface area (TPSA) is 181 Å². The number of benzene rings is 4. The summed E-state index contributed by atoms with van der Waals surface area (Å²) in [4.78, 5) is 32.6. The van der Waals surface area contributed by atoms with E-state index in [-0.39, 0.29) is 21.6 Å². The molecule has 0 aliphatic heterocycles. The van der Waals surface area contributed by atoms with Crippen molar-refractivity contribution in [2.24, 2.45) is 22.7 Å². The van der Waals surface area contributed by atoms with Crippen molar-refractivity contribution in [3.05, 3.63) is 82.9 Å². The van der Waals surface area contributed by atoms with E-state index in [0.29, 0.717) is 51.4 Å². The molecule has 0 unspecified atom stereocenters. The Labute approximate surface area is 330 Å². The van der Waals surface area contributed by atoms with Crippen molar-refractivity contribution >= 4 is 65.4 Å². The number of carboxylic acid groups (broad SMARTS) is 2. The first kappa shape index (κ1) is 36.6. The SMILES string of the molecule is C[C@@]1(C(=O)O)[C@@H](O)CC[C@]2(C)c3cc4c(cc3CC[C@@H]12)[nH]c1ccc(S(=O)(=O)c2ccc3[nH]c5cc6c(cc5c3c2)[C@@]2(C)CC[C@H](O)[C@@](C)(C(=O)O)[C@@H]2CC6)cc14. The Morgan fingerprint density at radius 2 is 0.965 bits per heavy atom. The molecule has 4 aromatic carbocycles. The minimum Gasteiger partial charge on any atom is -0.481 e. The van der Waals surface area contributed by atoms with Gasteiger partial charge in [-0.2, -0.15) is 0 Å². The first-order chi connectivity index (χ1) is 26.9. The molecule has 4 aliphatic rings. The van der Waals surface area contributed by atoms with Gasteiger partial charge in [0.1, 0.15) is 0 Å². The third-order valence-corrected chi connectivity index (χ3v) is 17.8. The first-order valence-electron chi connectivity index (χ1n) is 20.2. The van der Waals surface area contributed by atoms with Gasteiger partial charge in [0.25, 0.3) is 0 Å². The summed E-state index contributed by atoms with van der Waals surface area (Å²) in [5.41, 5.74) is 4.37. The fourth-order valence-electron chi connectivity index (χ4n) is 12.6. The van der Waals surface area contributed by atoms with Gasteiger partial charge >= 0.3 is 11.9 Å². The molecule has 8 atom stereocenters. The number of nitrogens with one attached hydrogen (secondary N) is 2. The second kappa shape index (κ2) is 11.7. The molecule has 0 spiro atoms. The highest BCUT2D eigenvalue weighted by atomic mass is 32.2. The van der Waals surface area contributed by atoms with Crippen molar-refractivity contribution in [3.8, 4) is 0 Å². The van der Waals surface area contributed by atoms with Crippen LogP contribution in [-0.4, -0.2) is 63.0 Å². The maximum atomic E-state index is 14.5. The molecule has 57 heavy (non-hydrogen) atoms. The lowest BCUT2D eigenvalue weighted by Crippen LogP contribution is -2.58. The molecule has 2 fully saturated rings. The average molecular weight is 789 g/mol. The van der Waals surface area contributed by atoms with E-state index in [4.69, 9.17) is 0 Å². The predicted molar refractivity (Wildman–Crippen MR) is 217 cm³/mol. The molecule has 2 saturated carbocycles. The van der Waals surface area contributed by atoms with Crippen LogP contribution in [0.15, 0.2) is 70.5 Å². The second-order valence-electron chi connectivity index (χ2n) is 18.6. The number of fused-ring (bicyclic) bond motifs is 12. The van der Waals surface area contributed by atoms with E-state index in [0.717, 1.165) is 65.9 Å². The Bertz CT molecular complexity index is 2690. The van der Waals surface area contributed by atoms with Crippen LogP contribution in [0.25, 0.3) is 43.6 Å². The molecular formula is C46H48N2O8S. The number of hydrogen-bond donors (Lipinski definition) is 6. The Morgan fingerprint density at radius 1 is 0.579 bits per heavy atom. The molecule has 2 aromatic heterocycles. The van der Waals surface area contributed by atoms with Crippen molar-refractivity contribution in [3.63, 3.8) is 0 Å². The second-order valence-corrected chi connectivity index (χ2v) is 20.5. The first-order valence-corrected chi connectivity index (χ1v) is 21.7. The highest BCUT2D eigenvalue weighted by Crippen LogP contribution is 2.59. The number of aliphatic hydroxyl groups is 2. The van der Waals surface area contributed by atoms with Gasteiger partial charge in [0.15, 0.2) is 0 Å². The highest BCUT2D eigenvalue weighted by Gasteiger charge is 2.60. The monoisotopic (exact) mass is 788 g/mol. The van der Waals surface area contributed by atoms with Gasteiger partial charge in [0.05, 0.1) is 32.8 Å². The van der Waals surface area contributed by atoms with Crippen LogP contribution >= 0.6 is 0 Å². The predicted octanol–water partition coefficient (Wildman–Crippen LogP) is 7.92. The summed E-state index contributed by atoms with van der Waals surface area (Å²) in [6.45, 7) is 7.62. The van der Waals surface area contributed by atoms with Crippen LogP contribution in [0.3, 0.4) is 0 Å². The molecule has 0 bridgehead atoms. The van der Waals surface area contributed by atoms with Crippen molar-refractivity contribution in [1.82, 2.24) is 9.97 Å². The van der Waals surface area contributed by atoms with Crippen LogP contribution in [0.5, 0.6) is 0 Å². The smallest absolute Gasteiger partial charge is 0.312 e. The fraction of sp³-hybridized carbons (Fsp3) is 0.435. The number of H-pyrrole nitrogens is 2. The van der Waals surface area contributed by atoms with E-state index in [1.54, 1.807) is 38.1 Å². The number of aryl methyl sites for hydroxylation is 2. The summed E-state index contributed by atoms with van der Waals surface area (Å²) >= 11 is 0. The molecule has 6 aromatic rings. The highest BCUT2D eigenvalue weighted by molar-refractivity contribution is 7.91. The number of sulfone groups is 1. The number of carbonyl (C=O) groups is 2. The number of aromatic amines is 2. The minimum atomic E-state index is -3.99. The van der Waals surface area contributed by atoms with Gasteiger partial charge < -0.3 is 30.4 Å². The molecule has 0 saturated heterocycles. The van der Waals surface area contributed by atoms with E-state index in [9.17, 15) is 38.4 Å². The summed E-state index contributed by atoms with van der Waals surface area (Å²) in [5, 5.41) is 45.9. The third kappa shape index (κ3) is 4.67. The zero-order valence-corrected chi connectivity index (χ0v) is 33.4. The Morgan fingerprint density at radius 3 is 1.35 bits per heavy atom. The van der Waals surface area contributed by atoms with E-state index < -0.39 is 55.6 Å². The number of aromatic nitrogens is 2. The molecule has 2 heterocycles. The van der Waals surface area contributed by atoms with Crippen LogP contribution < -0.4 is 0 Å². The summed E-state index contributed by atoms with van der Waals surface area (Å²) in [7, 11) is -3.99. The third-order valence-electron chi connectivity index (χ3n) is 16.0. The minimum absolute atomic E-state index is 0.164. The molecule has 4 aliphatic carbocycles. The maximum Gasteiger partial charge on any atom is 0.312 e. The number of rotatable bonds is 4. The van der Waals surface area contributed by atoms with Gasteiger partial charge in [0, 0.05) is 43.6 Å². The molecule has 0 amide bonds. The molecule has 10 nitrogen and oxygen atoms in total. The summed E-state index contributed by atoms with van der Waals surface area (Å²) in [5.74, 6) is -2.46. The standard InChI is InChI=1S/C46H48N2O8S/c1-43-15-13-39(49)45(3,41(51)52)37(43)11-5-23-17-35-29(21-31(23)43)27-19-25(7-9-33(27)47-35)57(55,56)26-8-10-34-28(20-26)30-22-32-24(18-36(30)48-34)6-12-38-44(32,2)16-14-40(50)46(38,4)42(53)54/h7-10,17-22,37-40,47-50H,5-6,11-16H2,1-4H3,(H,51,52)(H,53,54)/t37-,38-,39+,40+,43-,44-,45+,46+/m1/s1. The molecule has 6 N–H and O–H groups in total. The molecule has 296 valence electrons. The Kier molecular flexibility index (Phi) is 7.52. The van der Waals surface area contributed by atoms with E-state index in [1.165, 1.54) is 0 Å². The van der Waals surface area contributed by atoms with Crippen molar-refractivity contribution < 1.29 is 38.4 Å². The molecule has 0 radical (unpaired) electrons. The number of carboxylic acids is 2. The van der Waals surface area contributed by atoms with Crippen molar-refractivity contribution in [2.45, 2.75) is 112 Å². The normalized spacial score (nSPS) is 32.5. The molecule has 10 rings (SSSR count). The van der Waals surface area contributed by atoms with Gasteiger partial charge in [-0.15, -0.1) is 0 Å². The van der Waals surface area contributed by atoms with E-state index in [1.807, 2.05) is 12.1 Å². The van der Waals surface area contributed by atoms with Crippen LogP contribution in [0, 0.1) is 22.7 Å². The summed E-state index contributed by atoms with van der Waals surface area (Å²) in [6, 6.07) is 18.9. The van der Waals surface area contributed by atoms with Crippen molar-refractivity contribution in [2.75, 3.05) is 0 Å². The molecule has 11 heteroatoms. The van der Waals surface area contributed by atoms with Gasteiger partial charge in [-0.25, -0.2) is 8.42 Å². The van der Waals surface area contributed by atoms with Gasteiger partial charge in [-0.05, 0) is 171 Å². The lowest BCUT2D eigenvalue weighted by Gasteiger charge is -2.55. The largest absolute Gasteiger partial charge is 0.481 e. The van der Waals surface area contributed by atoms with Gasteiger partial charge in [-0.3, -0.25) is 9.59 Å². The van der Waals surface area contributed by atoms with Gasteiger partial charge in [-0.1, -0.05) is 13.8 Å². The van der Waals surface area contributed by atoms with Crippen molar-refractivity contribution in [1.29, 1.82) is 0 Å². The maximum absolute atomic E-state index is 14.5. The number of aliphatic carboxylic acids is 2. The lowest BCUT2D eigenvalue weighted by molar-refractivity contribution is -0.172. The fourth-order valence-corrected chi connectivity index (χ4v) is 13.9. The van der Waals surface area contributed by atoms with E-state index >= 15 is 0 Å². The zero-order valence-electron chi connectivity index (χ0n) is 32.6. The van der Waals surface area contributed by atoms with Crippen LogP contribution in [0.1, 0.15) is 88.5 Å². The van der Waals surface area contributed by atoms with E-state index in [2.05, 4.69) is 48.1 Å². The van der Waals surface area contributed by atoms with Gasteiger partial charge in [0.2, 0.25) is 9.84 Å².